The van der Waals surface area contributed by atoms with E-state index in [0.717, 1.165) is 42.2 Å². The number of hydrogen-bond donors (Lipinski definition) is 0. The van der Waals surface area contributed by atoms with E-state index in [9.17, 15) is 4.79 Å². The minimum Gasteiger partial charge on any atom is -0.341 e. The molecule has 1 aromatic heterocycles. The lowest BCUT2D eigenvalue weighted by Gasteiger charge is -2.34. The predicted octanol–water partition coefficient (Wildman–Crippen LogP) is 3.59. The molecule has 1 unspecified atom stereocenters. The van der Waals surface area contributed by atoms with Crippen LogP contribution in [0.15, 0.2) is 15.9 Å². The highest BCUT2D eigenvalue weighted by atomic mass is 79.9. The number of likely N-dealkylation sites (N-methyl/N-ethyl adjacent to an activating group) is 1. The number of nitrogens with zero attached hydrogens (tertiary/aromatic N) is 2. The highest BCUT2D eigenvalue weighted by molar-refractivity contribution is 9.11. The molecule has 0 radical (unpaired) electrons. The third kappa shape index (κ3) is 4.06. The standard InChI is InChI=1S/C15H23BrN2OS/c1-11-6-8-18(9-7-11)15(19)12(2)17(3)10-13-4-5-14(16)20-13/h4-5,11-12H,6-10H2,1-3H3. The van der Waals surface area contributed by atoms with Crippen molar-refractivity contribution in [2.75, 3.05) is 20.1 Å². The van der Waals surface area contributed by atoms with Gasteiger partial charge in [0.25, 0.3) is 0 Å². The van der Waals surface area contributed by atoms with Gasteiger partial charge < -0.3 is 4.90 Å². The van der Waals surface area contributed by atoms with E-state index < -0.39 is 0 Å². The van der Waals surface area contributed by atoms with Crippen LogP contribution < -0.4 is 0 Å². The zero-order valence-corrected chi connectivity index (χ0v) is 14.8. The predicted molar refractivity (Wildman–Crippen MR) is 87.9 cm³/mol. The first-order valence-electron chi connectivity index (χ1n) is 7.20. The maximum absolute atomic E-state index is 12.5. The summed E-state index contributed by atoms with van der Waals surface area (Å²) < 4.78 is 1.14. The molecule has 0 saturated carbocycles. The first-order chi connectivity index (χ1) is 9.47. The van der Waals surface area contributed by atoms with E-state index in [4.69, 9.17) is 0 Å². The van der Waals surface area contributed by atoms with Crippen LogP contribution in [0, 0.1) is 5.92 Å². The molecular formula is C15H23BrN2OS. The van der Waals surface area contributed by atoms with Gasteiger partial charge in [0.05, 0.1) is 9.83 Å². The number of halogens is 1. The monoisotopic (exact) mass is 358 g/mol. The highest BCUT2D eigenvalue weighted by Crippen LogP contribution is 2.24. The number of carbonyl (C=O) groups is 1. The lowest BCUT2D eigenvalue weighted by molar-refractivity contribution is -0.137. The van der Waals surface area contributed by atoms with Gasteiger partial charge in [-0.3, -0.25) is 9.69 Å². The summed E-state index contributed by atoms with van der Waals surface area (Å²) >= 11 is 5.21. The van der Waals surface area contributed by atoms with Crippen molar-refractivity contribution in [2.45, 2.75) is 39.3 Å². The van der Waals surface area contributed by atoms with Gasteiger partial charge in [-0.05, 0) is 60.8 Å². The van der Waals surface area contributed by atoms with Gasteiger partial charge in [-0.15, -0.1) is 11.3 Å². The molecule has 0 spiro atoms. The van der Waals surface area contributed by atoms with Gasteiger partial charge >= 0.3 is 0 Å². The second-order valence-corrected chi connectivity index (χ2v) is 8.35. The molecule has 112 valence electrons. The molecule has 1 aliphatic heterocycles. The number of piperidine rings is 1. The van der Waals surface area contributed by atoms with Crippen LogP contribution in [-0.2, 0) is 11.3 Å². The Bertz CT molecular complexity index is 454. The normalized spacial score (nSPS) is 18.6. The van der Waals surface area contributed by atoms with Crippen molar-refractivity contribution in [3.05, 3.63) is 20.8 Å². The van der Waals surface area contributed by atoms with E-state index in [-0.39, 0.29) is 11.9 Å². The molecule has 1 fully saturated rings. The SMILES string of the molecule is CC1CCN(C(=O)C(C)N(C)Cc2ccc(Br)s2)CC1. The lowest BCUT2D eigenvalue weighted by Crippen LogP contribution is -2.48. The highest BCUT2D eigenvalue weighted by Gasteiger charge is 2.26. The van der Waals surface area contributed by atoms with E-state index in [1.54, 1.807) is 11.3 Å². The van der Waals surface area contributed by atoms with Crippen LogP contribution in [0.1, 0.15) is 31.6 Å². The summed E-state index contributed by atoms with van der Waals surface area (Å²) in [5.41, 5.74) is 0. The molecule has 5 heteroatoms. The number of rotatable bonds is 4. The molecule has 1 aromatic rings. The Hall–Kier alpha value is -0.390. The van der Waals surface area contributed by atoms with Crippen molar-refractivity contribution in [3.63, 3.8) is 0 Å². The van der Waals surface area contributed by atoms with Gasteiger partial charge in [-0.2, -0.15) is 0 Å². The van der Waals surface area contributed by atoms with Crippen LogP contribution in [0.4, 0.5) is 0 Å². The summed E-state index contributed by atoms with van der Waals surface area (Å²) in [6, 6.07) is 4.13. The Kier molecular flexibility index (Phi) is 5.64. The molecule has 0 aromatic carbocycles. The minimum absolute atomic E-state index is 0.0516. The number of carbonyl (C=O) groups excluding carboxylic acids is 1. The average molecular weight is 359 g/mol. The van der Waals surface area contributed by atoms with Gasteiger partial charge in [-0.25, -0.2) is 0 Å². The summed E-state index contributed by atoms with van der Waals surface area (Å²) in [7, 11) is 2.03. The van der Waals surface area contributed by atoms with Crippen molar-refractivity contribution in [1.29, 1.82) is 0 Å². The summed E-state index contributed by atoms with van der Waals surface area (Å²) in [5.74, 6) is 1.03. The van der Waals surface area contributed by atoms with Crippen LogP contribution in [0.2, 0.25) is 0 Å². The molecule has 1 amide bonds. The molecule has 1 aliphatic rings. The van der Waals surface area contributed by atoms with Crippen molar-refractivity contribution in [1.82, 2.24) is 9.80 Å². The Labute approximate surface area is 134 Å². The number of thiophene rings is 1. The molecule has 2 rings (SSSR count). The summed E-state index contributed by atoms with van der Waals surface area (Å²) in [6.07, 6.45) is 2.28. The third-order valence-corrected chi connectivity index (χ3v) is 5.76. The number of hydrogen-bond acceptors (Lipinski definition) is 3. The van der Waals surface area contributed by atoms with Crippen LogP contribution in [0.5, 0.6) is 0 Å². The Morgan fingerprint density at radius 1 is 1.50 bits per heavy atom. The van der Waals surface area contributed by atoms with Crippen LogP contribution >= 0.6 is 27.3 Å². The maximum Gasteiger partial charge on any atom is 0.239 e. The average Bonchev–Trinajstić information content (AvgIpc) is 2.83. The van der Waals surface area contributed by atoms with Gasteiger partial charge in [0.15, 0.2) is 0 Å². The Morgan fingerprint density at radius 2 is 2.15 bits per heavy atom. The molecular weight excluding hydrogens is 336 g/mol. The van der Waals surface area contributed by atoms with Crippen LogP contribution in [-0.4, -0.2) is 41.9 Å². The van der Waals surface area contributed by atoms with E-state index in [2.05, 4.69) is 39.9 Å². The first-order valence-corrected chi connectivity index (χ1v) is 8.81. The zero-order valence-electron chi connectivity index (χ0n) is 12.4. The fourth-order valence-electron chi connectivity index (χ4n) is 2.50. The topological polar surface area (TPSA) is 23.6 Å². The van der Waals surface area contributed by atoms with Gasteiger partial charge in [0, 0.05) is 24.5 Å². The fraction of sp³-hybridized carbons (Fsp3) is 0.667. The van der Waals surface area contributed by atoms with E-state index in [1.807, 2.05) is 18.9 Å². The van der Waals surface area contributed by atoms with Crippen LogP contribution in [0.25, 0.3) is 0 Å². The second-order valence-electron chi connectivity index (χ2n) is 5.80. The van der Waals surface area contributed by atoms with Crippen LogP contribution in [0.3, 0.4) is 0 Å². The molecule has 1 saturated heterocycles. The van der Waals surface area contributed by atoms with Crippen molar-refractivity contribution in [2.24, 2.45) is 5.92 Å². The fourth-order valence-corrected chi connectivity index (χ4v) is 4.05. The Morgan fingerprint density at radius 3 is 2.70 bits per heavy atom. The molecule has 0 bridgehead atoms. The molecule has 1 atom stereocenters. The van der Waals surface area contributed by atoms with Gasteiger partial charge in [0.1, 0.15) is 0 Å². The van der Waals surface area contributed by atoms with Gasteiger partial charge in [0.2, 0.25) is 5.91 Å². The quantitative estimate of drug-likeness (QED) is 0.820. The summed E-state index contributed by atoms with van der Waals surface area (Å²) in [6.45, 7) is 6.95. The largest absolute Gasteiger partial charge is 0.341 e. The lowest BCUT2D eigenvalue weighted by atomic mass is 9.99. The number of amides is 1. The van der Waals surface area contributed by atoms with Crippen molar-refractivity contribution >= 4 is 33.2 Å². The van der Waals surface area contributed by atoms with E-state index in [0.29, 0.717) is 0 Å². The van der Waals surface area contributed by atoms with E-state index in [1.165, 1.54) is 4.88 Å². The third-order valence-electron chi connectivity index (χ3n) is 4.15. The minimum atomic E-state index is -0.0516. The van der Waals surface area contributed by atoms with Crippen molar-refractivity contribution in [3.8, 4) is 0 Å². The smallest absolute Gasteiger partial charge is 0.239 e. The maximum atomic E-state index is 12.5. The van der Waals surface area contributed by atoms with E-state index >= 15 is 0 Å². The summed E-state index contributed by atoms with van der Waals surface area (Å²) in [5, 5.41) is 0. The first kappa shape index (κ1) is 16.0. The Balaban J connectivity index is 1.89. The van der Waals surface area contributed by atoms with Gasteiger partial charge in [-0.1, -0.05) is 6.92 Å². The molecule has 3 nitrogen and oxygen atoms in total. The number of likely N-dealkylation sites (tertiary alicyclic amines) is 1. The second kappa shape index (κ2) is 7.05. The molecule has 0 N–H and O–H groups in total. The zero-order chi connectivity index (χ0) is 14.7. The molecule has 2 heterocycles. The van der Waals surface area contributed by atoms with Crippen molar-refractivity contribution < 1.29 is 4.79 Å². The molecule has 0 aliphatic carbocycles. The summed E-state index contributed by atoms with van der Waals surface area (Å²) in [4.78, 5) is 18.0. The molecule has 20 heavy (non-hydrogen) atoms.